The van der Waals surface area contributed by atoms with Gasteiger partial charge in [-0.2, -0.15) is 0 Å². The van der Waals surface area contributed by atoms with Gasteiger partial charge in [-0.25, -0.2) is 8.78 Å². The summed E-state index contributed by atoms with van der Waals surface area (Å²) in [5.41, 5.74) is 5.17. The van der Waals surface area contributed by atoms with E-state index in [0.717, 1.165) is 0 Å². The predicted octanol–water partition coefficient (Wildman–Crippen LogP) is 1.42. The molecule has 0 amide bonds. The molecule has 1 aromatic rings. The number of rotatable bonds is 5. The highest BCUT2D eigenvalue weighted by atomic mass is 19.3. The summed E-state index contributed by atoms with van der Waals surface area (Å²) in [7, 11) is 0. The monoisotopic (exact) mass is 247 g/mol. The molecule has 0 bridgehead atoms. The third-order valence-corrected chi connectivity index (χ3v) is 2.33. The van der Waals surface area contributed by atoms with E-state index in [-0.39, 0.29) is 11.3 Å². The number of para-hydroxylation sites is 1. The molecule has 4 nitrogen and oxygen atoms in total. The molecule has 96 valence electrons. The molecule has 0 aromatic heterocycles. The van der Waals surface area contributed by atoms with Crippen molar-refractivity contribution in [1.29, 1.82) is 0 Å². The first-order valence-electron chi connectivity index (χ1n) is 5.13. The Morgan fingerprint density at radius 3 is 2.65 bits per heavy atom. The SMILES string of the molecule is CCOc1cccc([C@@H](N)C(F)(F)CO)c1O. The molecule has 0 spiro atoms. The highest BCUT2D eigenvalue weighted by Crippen LogP contribution is 2.38. The fourth-order valence-corrected chi connectivity index (χ4v) is 1.39. The minimum atomic E-state index is -3.50. The first kappa shape index (κ1) is 13.7. The lowest BCUT2D eigenvalue weighted by Crippen LogP contribution is -2.36. The fourth-order valence-electron chi connectivity index (χ4n) is 1.39. The van der Waals surface area contributed by atoms with Crippen LogP contribution in [0.15, 0.2) is 18.2 Å². The van der Waals surface area contributed by atoms with Gasteiger partial charge in [-0.3, -0.25) is 0 Å². The molecule has 1 atom stereocenters. The lowest BCUT2D eigenvalue weighted by Gasteiger charge is -2.23. The predicted molar refractivity (Wildman–Crippen MR) is 58.2 cm³/mol. The van der Waals surface area contributed by atoms with Crippen molar-refractivity contribution < 1.29 is 23.7 Å². The van der Waals surface area contributed by atoms with Gasteiger partial charge in [-0.15, -0.1) is 0 Å². The van der Waals surface area contributed by atoms with Crippen molar-refractivity contribution in [3.8, 4) is 11.5 Å². The van der Waals surface area contributed by atoms with Crippen LogP contribution in [-0.4, -0.2) is 29.3 Å². The van der Waals surface area contributed by atoms with Crippen molar-refractivity contribution in [2.24, 2.45) is 5.73 Å². The van der Waals surface area contributed by atoms with Gasteiger partial charge in [-0.1, -0.05) is 12.1 Å². The van der Waals surface area contributed by atoms with Gasteiger partial charge in [-0.05, 0) is 13.0 Å². The van der Waals surface area contributed by atoms with E-state index < -0.39 is 24.3 Å². The summed E-state index contributed by atoms with van der Waals surface area (Å²) in [4.78, 5) is 0. The highest BCUT2D eigenvalue weighted by Gasteiger charge is 2.39. The molecule has 0 aliphatic carbocycles. The van der Waals surface area contributed by atoms with Crippen molar-refractivity contribution in [2.45, 2.75) is 18.9 Å². The molecule has 17 heavy (non-hydrogen) atoms. The molecular weight excluding hydrogens is 232 g/mol. The van der Waals surface area contributed by atoms with Crippen LogP contribution in [-0.2, 0) is 0 Å². The summed E-state index contributed by atoms with van der Waals surface area (Å²) in [5.74, 6) is -3.83. The fraction of sp³-hybridized carbons (Fsp3) is 0.455. The lowest BCUT2D eigenvalue weighted by atomic mass is 10.0. The lowest BCUT2D eigenvalue weighted by molar-refractivity contribution is -0.0716. The maximum absolute atomic E-state index is 13.2. The van der Waals surface area contributed by atoms with Crippen LogP contribution in [0.2, 0.25) is 0 Å². The van der Waals surface area contributed by atoms with Crippen molar-refractivity contribution in [2.75, 3.05) is 13.2 Å². The maximum atomic E-state index is 13.2. The molecular formula is C11H15F2NO3. The number of hydrogen-bond acceptors (Lipinski definition) is 4. The Bertz CT molecular complexity index is 385. The van der Waals surface area contributed by atoms with Gasteiger partial charge in [0.25, 0.3) is 5.92 Å². The molecule has 0 unspecified atom stereocenters. The molecule has 0 saturated heterocycles. The molecule has 0 fully saturated rings. The third kappa shape index (κ3) is 2.83. The molecule has 1 aromatic carbocycles. The summed E-state index contributed by atoms with van der Waals surface area (Å²) in [5, 5.41) is 18.3. The number of ether oxygens (including phenoxy) is 1. The molecule has 0 aliphatic heterocycles. The zero-order valence-electron chi connectivity index (χ0n) is 9.36. The van der Waals surface area contributed by atoms with Crippen LogP contribution in [0, 0.1) is 0 Å². The number of halogens is 2. The Balaban J connectivity index is 3.10. The van der Waals surface area contributed by atoms with E-state index in [2.05, 4.69) is 0 Å². The second kappa shape index (κ2) is 5.29. The Labute approximate surface area is 97.6 Å². The number of nitrogens with two attached hydrogens (primary N) is 1. The maximum Gasteiger partial charge on any atom is 0.289 e. The van der Waals surface area contributed by atoms with E-state index in [1.807, 2.05) is 0 Å². The average Bonchev–Trinajstić information content (AvgIpc) is 2.31. The molecule has 4 N–H and O–H groups in total. The van der Waals surface area contributed by atoms with Gasteiger partial charge in [0.05, 0.1) is 6.61 Å². The first-order valence-corrected chi connectivity index (χ1v) is 5.13. The summed E-state index contributed by atoms with van der Waals surface area (Å²) in [6.45, 7) is 0.615. The Hall–Kier alpha value is -1.40. The van der Waals surface area contributed by atoms with E-state index in [1.165, 1.54) is 18.2 Å². The molecule has 0 radical (unpaired) electrons. The van der Waals surface area contributed by atoms with Crippen LogP contribution in [0.5, 0.6) is 11.5 Å². The van der Waals surface area contributed by atoms with Crippen molar-refractivity contribution in [1.82, 2.24) is 0 Å². The van der Waals surface area contributed by atoms with Crippen LogP contribution in [0.4, 0.5) is 8.78 Å². The van der Waals surface area contributed by atoms with Crippen molar-refractivity contribution in [3.63, 3.8) is 0 Å². The molecule has 0 aliphatic rings. The number of alkyl halides is 2. The topological polar surface area (TPSA) is 75.7 Å². The van der Waals surface area contributed by atoms with Crippen LogP contribution in [0.3, 0.4) is 0 Å². The number of aliphatic hydroxyl groups is 1. The van der Waals surface area contributed by atoms with E-state index in [4.69, 9.17) is 15.6 Å². The quantitative estimate of drug-likeness (QED) is 0.735. The second-order valence-electron chi connectivity index (χ2n) is 3.52. The molecule has 0 heterocycles. The second-order valence-corrected chi connectivity index (χ2v) is 3.52. The minimum absolute atomic E-state index is 0.0918. The van der Waals surface area contributed by atoms with Gasteiger partial charge in [0.15, 0.2) is 11.5 Å². The van der Waals surface area contributed by atoms with Gasteiger partial charge in [0.2, 0.25) is 0 Å². The largest absolute Gasteiger partial charge is 0.504 e. The average molecular weight is 247 g/mol. The molecule has 0 saturated carbocycles. The number of phenols is 1. The number of phenolic OH excluding ortho intramolecular Hbond substituents is 1. The third-order valence-electron chi connectivity index (χ3n) is 2.33. The van der Waals surface area contributed by atoms with E-state index in [1.54, 1.807) is 6.92 Å². The van der Waals surface area contributed by atoms with E-state index in [9.17, 15) is 13.9 Å². The Morgan fingerprint density at radius 2 is 2.12 bits per heavy atom. The van der Waals surface area contributed by atoms with Gasteiger partial charge in [0.1, 0.15) is 12.6 Å². The molecule has 6 heteroatoms. The number of aliphatic hydroxyl groups excluding tert-OH is 1. The number of aromatic hydroxyl groups is 1. The van der Waals surface area contributed by atoms with Gasteiger partial charge in [0, 0.05) is 5.56 Å². The smallest absolute Gasteiger partial charge is 0.289 e. The van der Waals surface area contributed by atoms with Crippen molar-refractivity contribution >= 4 is 0 Å². The highest BCUT2D eigenvalue weighted by molar-refractivity contribution is 5.47. The summed E-state index contributed by atoms with van der Waals surface area (Å²) < 4.78 is 31.5. The first-order chi connectivity index (χ1) is 7.94. The minimum Gasteiger partial charge on any atom is -0.504 e. The van der Waals surface area contributed by atoms with Crippen LogP contribution < -0.4 is 10.5 Å². The number of hydrogen-bond donors (Lipinski definition) is 3. The Morgan fingerprint density at radius 1 is 1.47 bits per heavy atom. The van der Waals surface area contributed by atoms with Gasteiger partial charge >= 0.3 is 0 Å². The molecule has 1 rings (SSSR count). The van der Waals surface area contributed by atoms with Crippen LogP contribution in [0.25, 0.3) is 0 Å². The van der Waals surface area contributed by atoms with Crippen molar-refractivity contribution in [3.05, 3.63) is 23.8 Å². The van der Waals surface area contributed by atoms with Crippen LogP contribution in [0.1, 0.15) is 18.5 Å². The zero-order chi connectivity index (χ0) is 13.1. The van der Waals surface area contributed by atoms with E-state index >= 15 is 0 Å². The number of benzene rings is 1. The summed E-state index contributed by atoms with van der Waals surface area (Å²) >= 11 is 0. The standard InChI is InChI=1S/C11H15F2NO3/c1-2-17-8-5-3-4-7(9(8)16)10(14)11(12,13)6-15/h3-5,10,15-16H,2,6,14H2,1H3/t10-/m1/s1. The summed E-state index contributed by atoms with van der Waals surface area (Å²) in [6.07, 6.45) is 0. The van der Waals surface area contributed by atoms with Crippen LogP contribution >= 0.6 is 0 Å². The Kier molecular flexibility index (Phi) is 4.25. The van der Waals surface area contributed by atoms with Gasteiger partial charge < -0.3 is 20.7 Å². The normalized spacial score (nSPS) is 13.5. The summed E-state index contributed by atoms with van der Waals surface area (Å²) in [6, 6.07) is 2.39. The zero-order valence-corrected chi connectivity index (χ0v) is 9.36. The van der Waals surface area contributed by atoms with E-state index in [0.29, 0.717) is 6.61 Å².